The number of amides is 2. The summed E-state index contributed by atoms with van der Waals surface area (Å²) in [5, 5.41) is -0.266. The lowest BCUT2D eigenvalue weighted by Gasteiger charge is -2.12. The van der Waals surface area contributed by atoms with Crippen molar-refractivity contribution in [3.05, 3.63) is 75.8 Å². The number of carbonyl (C=O) groups is 2. The maximum atomic E-state index is 12.4. The van der Waals surface area contributed by atoms with Crippen molar-refractivity contribution in [2.45, 2.75) is 6.61 Å². The molecule has 0 saturated carbocycles. The predicted octanol–water partition coefficient (Wildman–Crippen LogP) is 6.30. The third-order valence-electron chi connectivity index (χ3n) is 3.80. The fourth-order valence-corrected chi connectivity index (χ4v) is 5.81. The molecular formula is C20H14I3NO3S. The van der Waals surface area contributed by atoms with Gasteiger partial charge < -0.3 is 4.74 Å². The first-order chi connectivity index (χ1) is 13.4. The van der Waals surface area contributed by atoms with Gasteiger partial charge in [-0.05, 0) is 121 Å². The largest absolute Gasteiger partial charge is 0.487 e. The van der Waals surface area contributed by atoms with Crippen LogP contribution in [0.2, 0.25) is 0 Å². The van der Waals surface area contributed by atoms with Gasteiger partial charge in [0.2, 0.25) is 0 Å². The molecule has 8 heteroatoms. The Morgan fingerprint density at radius 1 is 1.07 bits per heavy atom. The summed E-state index contributed by atoms with van der Waals surface area (Å²) < 4.78 is 9.11. The molecule has 1 aliphatic rings. The van der Waals surface area contributed by atoms with Crippen LogP contribution in [0.15, 0.2) is 54.0 Å². The summed E-state index contributed by atoms with van der Waals surface area (Å²) >= 11 is 7.69. The summed E-state index contributed by atoms with van der Waals surface area (Å²) in [6.45, 7) is 4.30. The number of rotatable bonds is 6. The molecule has 4 nitrogen and oxygen atoms in total. The van der Waals surface area contributed by atoms with Crippen molar-refractivity contribution >= 4 is 96.8 Å². The summed E-state index contributed by atoms with van der Waals surface area (Å²) in [5.74, 6) is 0.538. The Labute approximate surface area is 208 Å². The van der Waals surface area contributed by atoms with Crippen molar-refractivity contribution < 1.29 is 14.3 Å². The van der Waals surface area contributed by atoms with Crippen LogP contribution >= 0.6 is 79.5 Å². The Balaban J connectivity index is 1.78. The minimum atomic E-state index is -0.279. The standard InChI is InChI=1S/C20H14I3NO3S/c1-2-7-24-19(25)17(28-20(24)26)10-13-8-15(22)18(16(23)9-13)27-11-12-3-5-14(21)6-4-12/h2-6,8-10H,1,7,11H2/b17-10+. The van der Waals surface area contributed by atoms with E-state index in [1.165, 1.54) is 8.47 Å². The van der Waals surface area contributed by atoms with Gasteiger partial charge in [-0.2, -0.15) is 0 Å². The van der Waals surface area contributed by atoms with Crippen LogP contribution < -0.4 is 4.74 Å². The zero-order valence-electron chi connectivity index (χ0n) is 14.5. The summed E-state index contributed by atoms with van der Waals surface area (Å²) in [6.07, 6.45) is 3.30. The first-order valence-corrected chi connectivity index (χ1v) is 12.2. The van der Waals surface area contributed by atoms with Crippen molar-refractivity contribution in [2.24, 2.45) is 0 Å². The molecule has 0 radical (unpaired) electrons. The van der Waals surface area contributed by atoms with Gasteiger partial charge in [-0.25, -0.2) is 0 Å². The smallest absolute Gasteiger partial charge is 0.293 e. The van der Waals surface area contributed by atoms with Crippen LogP contribution in [-0.4, -0.2) is 22.6 Å². The van der Waals surface area contributed by atoms with E-state index in [1.54, 1.807) is 12.2 Å². The van der Waals surface area contributed by atoms with E-state index >= 15 is 0 Å². The Hall–Kier alpha value is -0.600. The van der Waals surface area contributed by atoms with Gasteiger partial charge >= 0.3 is 0 Å². The zero-order chi connectivity index (χ0) is 20.3. The second-order valence-electron chi connectivity index (χ2n) is 5.81. The molecule has 0 bridgehead atoms. The third-order valence-corrected chi connectivity index (χ3v) is 7.03. The predicted molar refractivity (Wildman–Crippen MR) is 138 cm³/mol. The molecule has 0 spiro atoms. The van der Waals surface area contributed by atoms with Crippen molar-refractivity contribution in [1.29, 1.82) is 0 Å². The quantitative estimate of drug-likeness (QED) is 0.199. The van der Waals surface area contributed by atoms with Gasteiger partial charge in [0.1, 0.15) is 12.4 Å². The van der Waals surface area contributed by atoms with Crippen molar-refractivity contribution in [3.63, 3.8) is 0 Å². The Morgan fingerprint density at radius 3 is 2.32 bits per heavy atom. The summed E-state index contributed by atoms with van der Waals surface area (Å²) in [6, 6.07) is 12.1. The monoisotopic (exact) mass is 729 g/mol. The number of carbonyl (C=O) groups excluding carboxylic acids is 2. The lowest BCUT2D eigenvalue weighted by atomic mass is 10.2. The minimum absolute atomic E-state index is 0.225. The van der Waals surface area contributed by atoms with Crippen molar-refractivity contribution in [2.75, 3.05) is 6.54 Å². The summed E-state index contributed by atoms with van der Waals surface area (Å²) in [5.41, 5.74) is 1.96. The second kappa shape index (κ2) is 9.94. The molecule has 0 aromatic heterocycles. The van der Waals surface area contributed by atoms with Gasteiger partial charge in [-0.3, -0.25) is 14.5 Å². The van der Waals surface area contributed by atoms with Crippen LogP contribution in [0.3, 0.4) is 0 Å². The zero-order valence-corrected chi connectivity index (χ0v) is 21.7. The molecule has 2 amide bonds. The number of nitrogens with zero attached hydrogens (tertiary/aromatic N) is 1. The average molecular weight is 729 g/mol. The van der Waals surface area contributed by atoms with Crippen molar-refractivity contribution in [3.8, 4) is 5.75 Å². The molecule has 0 aliphatic carbocycles. The van der Waals surface area contributed by atoms with Crippen molar-refractivity contribution in [1.82, 2.24) is 4.90 Å². The fraction of sp³-hybridized carbons (Fsp3) is 0.100. The highest BCUT2D eigenvalue weighted by Gasteiger charge is 2.34. The highest BCUT2D eigenvalue weighted by atomic mass is 127. The molecular weight excluding hydrogens is 715 g/mol. The van der Waals surface area contributed by atoms with Gasteiger partial charge in [0.15, 0.2) is 0 Å². The van der Waals surface area contributed by atoms with Crippen LogP contribution in [0.4, 0.5) is 4.79 Å². The molecule has 0 N–H and O–H groups in total. The first-order valence-electron chi connectivity index (χ1n) is 8.11. The van der Waals surface area contributed by atoms with Gasteiger partial charge in [0.05, 0.1) is 12.0 Å². The molecule has 144 valence electrons. The van der Waals surface area contributed by atoms with Gasteiger partial charge in [-0.1, -0.05) is 18.2 Å². The van der Waals surface area contributed by atoms with Crippen LogP contribution in [0.5, 0.6) is 5.75 Å². The molecule has 0 atom stereocenters. The van der Waals surface area contributed by atoms with E-state index in [2.05, 4.69) is 98.6 Å². The molecule has 1 aliphatic heterocycles. The maximum Gasteiger partial charge on any atom is 0.293 e. The maximum absolute atomic E-state index is 12.4. The lowest BCUT2D eigenvalue weighted by Crippen LogP contribution is -2.27. The Kier molecular flexibility index (Phi) is 7.84. The normalized spacial score (nSPS) is 15.4. The first kappa shape index (κ1) is 22.1. The van der Waals surface area contributed by atoms with Crippen LogP contribution in [0, 0.1) is 10.7 Å². The number of hydrogen-bond donors (Lipinski definition) is 0. The van der Waals surface area contributed by atoms with E-state index in [0.717, 1.165) is 35.8 Å². The van der Waals surface area contributed by atoms with E-state index in [0.29, 0.717) is 11.5 Å². The van der Waals surface area contributed by atoms with Gasteiger partial charge in [0, 0.05) is 10.1 Å². The molecule has 1 heterocycles. The van der Waals surface area contributed by atoms with E-state index in [-0.39, 0.29) is 17.7 Å². The third kappa shape index (κ3) is 5.30. The van der Waals surface area contributed by atoms with E-state index in [4.69, 9.17) is 4.74 Å². The number of halogens is 3. The number of hydrogen-bond acceptors (Lipinski definition) is 4. The topological polar surface area (TPSA) is 46.6 Å². The second-order valence-corrected chi connectivity index (χ2v) is 10.4. The van der Waals surface area contributed by atoms with Crippen LogP contribution in [-0.2, 0) is 11.4 Å². The SMILES string of the molecule is C=CCN1C(=O)S/C(=C/c2cc(I)c(OCc3ccc(I)cc3)c(I)c2)C1=O. The van der Waals surface area contributed by atoms with Crippen LogP contribution in [0.1, 0.15) is 11.1 Å². The van der Waals surface area contributed by atoms with Gasteiger partial charge in [-0.15, -0.1) is 6.58 Å². The molecule has 1 saturated heterocycles. The number of benzene rings is 2. The van der Waals surface area contributed by atoms with E-state index < -0.39 is 0 Å². The fourth-order valence-electron chi connectivity index (χ4n) is 2.47. The molecule has 28 heavy (non-hydrogen) atoms. The summed E-state index contributed by atoms with van der Waals surface area (Å²) in [4.78, 5) is 25.9. The minimum Gasteiger partial charge on any atom is -0.487 e. The van der Waals surface area contributed by atoms with Gasteiger partial charge in [0.25, 0.3) is 11.1 Å². The molecule has 1 fully saturated rings. The van der Waals surface area contributed by atoms with E-state index in [1.807, 2.05) is 12.1 Å². The summed E-state index contributed by atoms with van der Waals surface area (Å²) in [7, 11) is 0. The highest BCUT2D eigenvalue weighted by molar-refractivity contribution is 14.1. The average Bonchev–Trinajstić information content (AvgIpc) is 2.90. The molecule has 2 aromatic rings. The lowest BCUT2D eigenvalue weighted by molar-refractivity contribution is -0.122. The van der Waals surface area contributed by atoms with Crippen LogP contribution in [0.25, 0.3) is 6.08 Å². The Morgan fingerprint density at radius 2 is 1.71 bits per heavy atom. The molecule has 2 aromatic carbocycles. The molecule has 0 unspecified atom stereocenters. The number of thioether (sulfide) groups is 1. The highest BCUT2D eigenvalue weighted by Crippen LogP contribution is 2.35. The number of imide groups is 1. The number of ether oxygens (including phenoxy) is 1. The Bertz CT molecular complexity index is 950. The van der Waals surface area contributed by atoms with E-state index in [9.17, 15) is 9.59 Å². The molecule has 3 rings (SSSR count).